The minimum Gasteiger partial charge on any atom is -0.477 e. The van der Waals surface area contributed by atoms with Gasteiger partial charge >= 0.3 is 5.97 Å². The summed E-state index contributed by atoms with van der Waals surface area (Å²) in [6.07, 6.45) is 0.393. The van der Waals surface area contributed by atoms with E-state index in [2.05, 4.69) is 0 Å². The van der Waals surface area contributed by atoms with Crippen molar-refractivity contribution < 1.29 is 23.1 Å². The largest absolute Gasteiger partial charge is 0.477 e. The molecule has 2 rings (SSSR count). The fraction of sp³-hybridized carbons (Fsp3) is 0.400. The Morgan fingerprint density at radius 1 is 1.47 bits per heavy atom. The molecule has 3 N–H and O–H groups in total. The molecule has 104 valence electrons. The first-order valence-electron chi connectivity index (χ1n) is 5.43. The zero-order valence-electron chi connectivity index (χ0n) is 9.77. The van der Waals surface area contributed by atoms with Crippen molar-refractivity contribution in [3.8, 4) is 0 Å². The molecular weight excluding hydrogens is 292 g/mol. The van der Waals surface area contributed by atoms with Gasteiger partial charge < -0.3 is 10.8 Å². The van der Waals surface area contributed by atoms with E-state index < -0.39 is 27.8 Å². The molecule has 1 atom stereocenters. The lowest BCUT2D eigenvalue weighted by Crippen LogP contribution is -2.31. The number of nitrogens with two attached hydrogens (primary N) is 1. The first-order valence-corrected chi connectivity index (χ1v) is 7.75. The SMILES string of the molecule is NC(=O)C1CCN(S(=O)(=O)c2csc(C(=O)O)c2)C1. The number of amides is 1. The van der Waals surface area contributed by atoms with Crippen molar-refractivity contribution in [3.05, 3.63) is 16.3 Å². The van der Waals surface area contributed by atoms with Gasteiger partial charge in [-0.3, -0.25) is 4.79 Å². The summed E-state index contributed by atoms with van der Waals surface area (Å²) in [4.78, 5) is 21.7. The van der Waals surface area contributed by atoms with E-state index >= 15 is 0 Å². The number of hydrogen-bond donors (Lipinski definition) is 2. The van der Waals surface area contributed by atoms with Crippen molar-refractivity contribution in [2.75, 3.05) is 13.1 Å². The van der Waals surface area contributed by atoms with E-state index in [1.165, 1.54) is 5.38 Å². The topological polar surface area (TPSA) is 118 Å². The number of aromatic carboxylic acids is 1. The van der Waals surface area contributed by atoms with E-state index in [1.54, 1.807) is 0 Å². The van der Waals surface area contributed by atoms with E-state index in [9.17, 15) is 18.0 Å². The van der Waals surface area contributed by atoms with Crippen molar-refractivity contribution in [3.63, 3.8) is 0 Å². The number of carboxylic acids is 1. The summed E-state index contributed by atoms with van der Waals surface area (Å²) in [7, 11) is -3.75. The normalized spacial score (nSPS) is 20.5. The first-order chi connectivity index (χ1) is 8.82. The highest BCUT2D eigenvalue weighted by Gasteiger charge is 2.35. The summed E-state index contributed by atoms with van der Waals surface area (Å²) >= 11 is 0.853. The maximum Gasteiger partial charge on any atom is 0.345 e. The number of thiophene rings is 1. The van der Waals surface area contributed by atoms with Crippen LogP contribution in [0.5, 0.6) is 0 Å². The number of carbonyl (C=O) groups excluding carboxylic acids is 1. The Bertz CT molecular complexity index is 622. The molecule has 9 heteroatoms. The third-order valence-electron chi connectivity index (χ3n) is 2.98. The second kappa shape index (κ2) is 4.91. The number of rotatable bonds is 4. The first kappa shape index (κ1) is 14.0. The molecule has 0 aromatic carbocycles. The predicted molar refractivity (Wildman–Crippen MR) is 67.3 cm³/mol. The molecule has 19 heavy (non-hydrogen) atoms. The van der Waals surface area contributed by atoms with Crippen LogP contribution in [0.2, 0.25) is 0 Å². The Balaban J connectivity index is 2.23. The van der Waals surface area contributed by atoms with E-state index in [1.807, 2.05) is 0 Å². The second-order valence-electron chi connectivity index (χ2n) is 4.20. The Kier molecular flexibility index (Phi) is 3.61. The van der Waals surface area contributed by atoms with Crippen molar-refractivity contribution in [2.24, 2.45) is 11.7 Å². The van der Waals surface area contributed by atoms with Gasteiger partial charge in [0.05, 0.1) is 10.8 Å². The molecule has 7 nitrogen and oxygen atoms in total. The number of primary amides is 1. The average Bonchev–Trinajstić information content (AvgIpc) is 2.99. The van der Waals surface area contributed by atoms with Crippen LogP contribution in [0.15, 0.2) is 16.3 Å². The lowest BCUT2D eigenvalue weighted by molar-refractivity contribution is -0.121. The van der Waals surface area contributed by atoms with Crippen LogP contribution in [-0.2, 0) is 14.8 Å². The lowest BCUT2D eigenvalue weighted by Gasteiger charge is -2.14. The van der Waals surface area contributed by atoms with Crippen molar-refractivity contribution in [1.82, 2.24) is 4.31 Å². The number of nitrogens with zero attached hydrogens (tertiary/aromatic N) is 1. The van der Waals surface area contributed by atoms with E-state index in [0.717, 1.165) is 21.7 Å². The third-order valence-corrected chi connectivity index (χ3v) is 5.89. The van der Waals surface area contributed by atoms with Gasteiger partial charge in [-0.25, -0.2) is 13.2 Å². The van der Waals surface area contributed by atoms with E-state index in [-0.39, 0.29) is 22.9 Å². The lowest BCUT2D eigenvalue weighted by atomic mass is 10.1. The fourth-order valence-electron chi connectivity index (χ4n) is 1.89. The molecule has 1 aromatic rings. The van der Waals surface area contributed by atoms with Crippen LogP contribution < -0.4 is 5.73 Å². The van der Waals surface area contributed by atoms with Crippen molar-refractivity contribution in [1.29, 1.82) is 0 Å². The Hall–Kier alpha value is -1.45. The predicted octanol–water partition coefficient (Wildman–Crippen LogP) is -0.0578. The van der Waals surface area contributed by atoms with Crippen LogP contribution in [0.1, 0.15) is 16.1 Å². The average molecular weight is 304 g/mol. The molecule has 0 bridgehead atoms. The summed E-state index contributed by atoms with van der Waals surface area (Å²) in [5.74, 6) is -2.16. The summed E-state index contributed by atoms with van der Waals surface area (Å²) in [6.45, 7) is 0.268. The van der Waals surface area contributed by atoms with Gasteiger partial charge in [0, 0.05) is 18.5 Å². The number of sulfonamides is 1. The molecule has 0 aliphatic carbocycles. The second-order valence-corrected chi connectivity index (χ2v) is 7.05. The molecule has 0 spiro atoms. The van der Waals surface area contributed by atoms with Gasteiger partial charge in [-0.1, -0.05) is 0 Å². The van der Waals surface area contributed by atoms with Gasteiger partial charge in [-0.15, -0.1) is 11.3 Å². The highest BCUT2D eigenvalue weighted by molar-refractivity contribution is 7.89. The third kappa shape index (κ3) is 2.62. The summed E-state index contributed by atoms with van der Waals surface area (Å²) in [6, 6.07) is 1.12. The summed E-state index contributed by atoms with van der Waals surface area (Å²) in [5.41, 5.74) is 5.15. The molecule has 1 aliphatic heterocycles. The molecule has 1 saturated heterocycles. The molecule has 1 aliphatic rings. The Morgan fingerprint density at radius 2 is 2.16 bits per heavy atom. The molecule has 1 fully saturated rings. The highest BCUT2D eigenvalue weighted by atomic mass is 32.2. The molecular formula is C10H12N2O5S2. The van der Waals surface area contributed by atoms with Crippen LogP contribution in [-0.4, -0.2) is 42.8 Å². The Morgan fingerprint density at radius 3 is 2.63 bits per heavy atom. The summed E-state index contributed by atoms with van der Waals surface area (Å²) < 4.78 is 25.6. The van der Waals surface area contributed by atoms with Gasteiger partial charge in [0.25, 0.3) is 0 Å². The fourth-order valence-corrected chi connectivity index (χ4v) is 4.49. The quantitative estimate of drug-likeness (QED) is 0.808. The van der Waals surface area contributed by atoms with Crippen LogP contribution in [0.25, 0.3) is 0 Å². The van der Waals surface area contributed by atoms with Gasteiger partial charge in [-0.05, 0) is 12.5 Å². The van der Waals surface area contributed by atoms with Gasteiger partial charge in [-0.2, -0.15) is 4.31 Å². The smallest absolute Gasteiger partial charge is 0.345 e. The van der Waals surface area contributed by atoms with Crippen LogP contribution in [0.4, 0.5) is 0 Å². The summed E-state index contributed by atoms with van der Waals surface area (Å²) in [5, 5.41) is 10.1. The monoisotopic (exact) mass is 304 g/mol. The van der Waals surface area contributed by atoms with Crippen molar-refractivity contribution >= 4 is 33.2 Å². The highest BCUT2D eigenvalue weighted by Crippen LogP contribution is 2.27. The Labute approximate surface area is 113 Å². The van der Waals surface area contributed by atoms with Gasteiger partial charge in [0.15, 0.2) is 0 Å². The van der Waals surface area contributed by atoms with Crippen LogP contribution in [0, 0.1) is 5.92 Å². The maximum absolute atomic E-state index is 12.2. The number of carbonyl (C=O) groups is 2. The van der Waals surface area contributed by atoms with Crippen LogP contribution >= 0.6 is 11.3 Å². The zero-order valence-corrected chi connectivity index (χ0v) is 11.4. The van der Waals surface area contributed by atoms with Crippen LogP contribution in [0.3, 0.4) is 0 Å². The molecule has 0 saturated carbocycles. The zero-order chi connectivity index (χ0) is 14.2. The van der Waals surface area contributed by atoms with E-state index in [0.29, 0.717) is 6.42 Å². The van der Waals surface area contributed by atoms with Gasteiger partial charge in [0.2, 0.25) is 15.9 Å². The standard InChI is InChI=1S/C10H12N2O5S2/c11-9(13)6-1-2-12(4-6)19(16,17)7-3-8(10(14)15)18-5-7/h3,5-6H,1-2,4H2,(H2,11,13)(H,14,15). The molecule has 1 aromatic heterocycles. The molecule has 1 amide bonds. The number of carboxylic acid groups (broad SMARTS) is 1. The molecule has 2 heterocycles. The van der Waals surface area contributed by atoms with Crippen molar-refractivity contribution in [2.45, 2.75) is 11.3 Å². The minimum atomic E-state index is -3.75. The van der Waals surface area contributed by atoms with E-state index in [4.69, 9.17) is 10.8 Å². The van der Waals surface area contributed by atoms with Gasteiger partial charge in [0.1, 0.15) is 4.88 Å². The number of hydrogen-bond acceptors (Lipinski definition) is 5. The maximum atomic E-state index is 12.2. The minimum absolute atomic E-state index is 0.0378. The molecule has 1 unspecified atom stereocenters. The molecule has 0 radical (unpaired) electrons.